The van der Waals surface area contributed by atoms with E-state index < -0.39 is 11.4 Å². The van der Waals surface area contributed by atoms with Gasteiger partial charge < -0.3 is 4.55 Å². The van der Waals surface area contributed by atoms with Crippen molar-refractivity contribution in [2.45, 2.75) is 38.5 Å². The second-order valence-corrected chi connectivity index (χ2v) is 7.67. The first-order valence-electron chi connectivity index (χ1n) is 6.40. The van der Waals surface area contributed by atoms with Crippen molar-refractivity contribution in [1.29, 1.82) is 0 Å². The molecule has 0 saturated heterocycles. The van der Waals surface area contributed by atoms with Crippen LogP contribution in [0.15, 0.2) is 36.5 Å². The molecule has 0 saturated carbocycles. The summed E-state index contributed by atoms with van der Waals surface area (Å²) >= 11 is -1.07. The maximum Gasteiger partial charge on any atom is 0.136 e. The molecule has 2 atom stereocenters. The molecule has 0 bridgehead atoms. The van der Waals surface area contributed by atoms with Crippen molar-refractivity contribution in [1.82, 2.24) is 9.71 Å². The lowest BCUT2D eigenvalue weighted by Gasteiger charge is -2.26. The normalized spacial score (nSPS) is 15.4. The van der Waals surface area contributed by atoms with Gasteiger partial charge in [0.2, 0.25) is 0 Å². The third kappa shape index (κ3) is 3.47. The van der Waals surface area contributed by atoms with Gasteiger partial charge in [-0.05, 0) is 51.5 Å². The van der Waals surface area contributed by atoms with Gasteiger partial charge in [0.05, 0.1) is 11.6 Å². The van der Waals surface area contributed by atoms with Crippen molar-refractivity contribution in [2.75, 3.05) is 0 Å². The van der Waals surface area contributed by atoms with Crippen molar-refractivity contribution < 1.29 is 4.55 Å². The molecule has 1 heterocycles. The van der Waals surface area contributed by atoms with Crippen molar-refractivity contribution in [3.05, 3.63) is 42.1 Å². The van der Waals surface area contributed by atoms with Crippen LogP contribution in [0.25, 0.3) is 10.9 Å². The number of nitrogens with zero attached hydrogens (tertiary/aromatic N) is 1. The third-order valence-corrected chi connectivity index (χ3v) is 4.65. The lowest BCUT2D eigenvalue weighted by molar-refractivity contribution is 0.531. The fraction of sp³-hybridized carbons (Fsp3) is 0.400. The van der Waals surface area contributed by atoms with Crippen LogP contribution in [0.1, 0.15) is 39.3 Å². The summed E-state index contributed by atoms with van der Waals surface area (Å²) in [5.74, 6) is 0. The quantitative estimate of drug-likeness (QED) is 0.875. The summed E-state index contributed by atoms with van der Waals surface area (Å²) in [7, 11) is 0. The van der Waals surface area contributed by atoms with Gasteiger partial charge in [-0.25, -0.2) is 0 Å². The standard InChI is InChI=1S/C15H20N2OS/c1-11(17-19(18)15(2,3)4)12-7-8-14-13(10-12)6-5-9-16-14/h5-11,17H,1-4H3/t11-,19?/m0/s1. The number of nitrogens with one attached hydrogen (secondary N) is 1. The monoisotopic (exact) mass is 276 g/mol. The largest absolute Gasteiger partial charge is 0.598 e. The number of benzene rings is 1. The molecule has 0 aliphatic heterocycles. The fourth-order valence-electron chi connectivity index (χ4n) is 1.77. The van der Waals surface area contributed by atoms with Crippen molar-refractivity contribution >= 4 is 22.3 Å². The summed E-state index contributed by atoms with van der Waals surface area (Å²) in [5, 5.41) is 1.11. The zero-order valence-electron chi connectivity index (χ0n) is 11.8. The minimum atomic E-state index is -1.07. The Morgan fingerprint density at radius 1 is 1.26 bits per heavy atom. The van der Waals surface area contributed by atoms with E-state index in [2.05, 4.69) is 15.8 Å². The van der Waals surface area contributed by atoms with Crippen LogP contribution in [0.3, 0.4) is 0 Å². The van der Waals surface area contributed by atoms with Crippen LogP contribution in [-0.4, -0.2) is 14.3 Å². The molecule has 4 heteroatoms. The predicted molar refractivity (Wildman–Crippen MR) is 81.2 cm³/mol. The highest BCUT2D eigenvalue weighted by Crippen LogP contribution is 2.22. The average molecular weight is 276 g/mol. The van der Waals surface area contributed by atoms with E-state index in [-0.39, 0.29) is 10.8 Å². The predicted octanol–water partition coefficient (Wildman–Crippen LogP) is 3.35. The van der Waals surface area contributed by atoms with Gasteiger partial charge in [-0.15, -0.1) is 4.72 Å². The Morgan fingerprint density at radius 3 is 2.68 bits per heavy atom. The second-order valence-electron chi connectivity index (χ2n) is 5.68. The molecule has 3 nitrogen and oxygen atoms in total. The van der Waals surface area contributed by atoms with E-state index >= 15 is 0 Å². The maximum atomic E-state index is 12.1. The van der Waals surface area contributed by atoms with Crippen molar-refractivity contribution in [3.63, 3.8) is 0 Å². The van der Waals surface area contributed by atoms with Gasteiger partial charge in [0, 0.05) is 22.9 Å². The van der Waals surface area contributed by atoms with Crippen LogP contribution in [0.4, 0.5) is 0 Å². The van der Waals surface area contributed by atoms with E-state index in [1.54, 1.807) is 6.20 Å². The average Bonchev–Trinajstić information content (AvgIpc) is 2.37. The zero-order valence-corrected chi connectivity index (χ0v) is 12.6. The molecule has 0 radical (unpaired) electrons. The molecule has 0 aliphatic carbocycles. The summed E-state index contributed by atoms with van der Waals surface area (Å²) in [6.07, 6.45) is 1.79. The van der Waals surface area contributed by atoms with Gasteiger partial charge in [0.15, 0.2) is 0 Å². The molecule has 1 aromatic heterocycles. The van der Waals surface area contributed by atoms with E-state index in [4.69, 9.17) is 0 Å². The van der Waals surface area contributed by atoms with Crippen LogP contribution in [0.2, 0.25) is 0 Å². The molecular weight excluding hydrogens is 256 g/mol. The Morgan fingerprint density at radius 2 is 2.00 bits per heavy atom. The Bertz CT molecular complexity index is 565. The minimum absolute atomic E-state index is 0.0460. The van der Waals surface area contributed by atoms with Crippen molar-refractivity contribution in [2.24, 2.45) is 0 Å². The van der Waals surface area contributed by atoms with Crippen LogP contribution < -0.4 is 4.72 Å². The molecule has 1 unspecified atom stereocenters. The van der Waals surface area contributed by atoms with E-state index in [0.717, 1.165) is 16.5 Å². The number of hydrogen-bond acceptors (Lipinski definition) is 3. The number of pyridine rings is 1. The maximum absolute atomic E-state index is 12.1. The summed E-state index contributed by atoms with van der Waals surface area (Å²) in [6, 6.07) is 10.1. The lowest BCUT2D eigenvalue weighted by Crippen LogP contribution is -2.40. The molecule has 1 aromatic carbocycles. The Hall–Kier alpha value is -1.10. The van der Waals surface area contributed by atoms with E-state index in [0.29, 0.717) is 0 Å². The van der Waals surface area contributed by atoms with Crippen LogP contribution >= 0.6 is 0 Å². The van der Waals surface area contributed by atoms with E-state index in [1.807, 2.05) is 52.0 Å². The Labute approximate surface area is 117 Å². The third-order valence-electron chi connectivity index (χ3n) is 2.97. The van der Waals surface area contributed by atoms with Gasteiger partial charge >= 0.3 is 0 Å². The molecule has 19 heavy (non-hydrogen) atoms. The van der Waals surface area contributed by atoms with Gasteiger partial charge in [-0.1, -0.05) is 12.1 Å². The van der Waals surface area contributed by atoms with Crippen LogP contribution in [-0.2, 0) is 11.4 Å². The number of hydrogen-bond donors (Lipinski definition) is 1. The number of aromatic nitrogens is 1. The van der Waals surface area contributed by atoms with Crippen LogP contribution in [0.5, 0.6) is 0 Å². The van der Waals surface area contributed by atoms with Gasteiger partial charge in [-0.2, -0.15) is 0 Å². The van der Waals surface area contributed by atoms with E-state index in [1.165, 1.54) is 0 Å². The Balaban J connectivity index is 2.19. The van der Waals surface area contributed by atoms with Gasteiger partial charge in [0.1, 0.15) is 4.75 Å². The SMILES string of the molecule is C[C@H](N[S+]([O-])C(C)(C)C)c1ccc2ncccc2c1. The highest BCUT2D eigenvalue weighted by atomic mass is 32.2. The molecule has 0 amide bonds. The van der Waals surface area contributed by atoms with Gasteiger partial charge in [-0.3, -0.25) is 4.98 Å². The molecule has 0 fully saturated rings. The molecule has 2 aromatic rings. The first kappa shape index (κ1) is 14.3. The smallest absolute Gasteiger partial charge is 0.136 e. The first-order chi connectivity index (χ1) is 8.88. The molecule has 0 spiro atoms. The van der Waals surface area contributed by atoms with Crippen molar-refractivity contribution in [3.8, 4) is 0 Å². The van der Waals surface area contributed by atoms with Crippen LogP contribution in [0, 0.1) is 0 Å². The fourth-order valence-corrected chi connectivity index (χ4v) is 2.58. The summed E-state index contributed by atoms with van der Waals surface area (Å²) in [6.45, 7) is 7.93. The summed E-state index contributed by atoms with van der Waals surface area (Å²) in [4.78, 5) is 4.30. The van der Waals surface area contributed by atoms with E-state index in [9.17, 15) is 4.55 Å². The molecule has 2 rings (SSSR count). The first-order valence-corrected chi connectivity index (χ1v) is 7.55. The summed E-state index contributed by atoms with van der Waals surface area (Å²) in [5.41, 5.74) is 2.11. The minimum Gasteiger partial charge on any atom is -0.598 e. The molecular formula is C15H20N2OS. The lowest BCUT2D eigenvalue weighted by atomic mass is 10.1. The highest BCUT2D eigenvalue weighted by molar-refractivity contribution is 7.90. The topological polar surface area (TPSA) is 48.0 Å². The second kappa shape index (κ2) is 5.49. The molecule has 102 valence electrons. The molecule has 0 aliphatic rings. The Kier molecular flexibility index (Phi) is 4.13. The molecule has 1 N–H and O–H groups in total. The zero-order chi connectivity index (χ0) is 14.0. The van der Waals surface area contributed by atoms with Gasteiger partial charge in [0.25, 0.3) is 0 Å². The highest BCUT2D eigenvalue weighted by Gasteiger charge is 2.28. The number of fused-ring (bicyclic) bond motifs is 1. The number of rotatable bonds is 3. The summed E-state index contributed by atoms with van der Waals surface area (Å²) < 4.78 is 15.0.